The molecular weight excluding hydrogens is 560 g/mol. The molecule has 2 unspecified atom stereocenters. The van der Waals surface area contributed by atoms with Crippen LogP contribution in [0.4, 0.5) is 0 Å². The average molecular weight is 596 g/mol. The fourth-order valence-electron chi connectivity index (χ4n) is 5.01. The second-order valence-corrected chi connectivity index (χ2v) is 13.1. The van der Waals surface area contributed by atoms with Crippen LogP contribution in [0, 0.1) is 11.8 Å². The maximum atomic E-state index is 13.5. The summed E-state index contributed by atoms with van der Waals surface area (Å²) in [7, 11) is 0. The van der Waals surface area contributed by atoms with Crippen molar-refractivity contribution in [1.82, 2.24) is 0 Å². The SMILES string of the molecule is CCCCC(CC)Cc1cc2c(cc1CC(CC)CCCC)C(=O)c1c(Br)sc(Br)c1C2=O. The molecular formula is C28H36Br2O2S. The Kier molecular flexibility index (Phi) is 9.97. The van der Waals surface area contributed by atoms with Crippen LogP contribution in [0.25, 0.3) is 0 Å². The van der Waals surface area contributed by atoms with Crippen LogP contribution in [0.1, 0.15) is 122 Å². The Labute approximate surface area is 220 Å². The molecule has 2 atom stereocenters. The zero-order valence-electron chi connectivity index (χ0n) is 20.4. The van der Waals surface area contributed by atoms with Crippen LogP contribution in [-0.2, 0) is 12.8 Å². The second-order valence-electron chi connectivity index (χ2n) is 9.47. The van der Waals surface area contributed by atoms with Crippen molar-refractivity contribution in [1.29, 1.82) is 0 Å². The Morgan fingerprint density at radius 3 is 1.45 bits per heavy atom. The summed E-state index contributed by atoms with van der Waals surface area (Å²) in [6, 6.07) is 4.15. The normalized spacial score (nSPS) is 14.8. The predicted octanol–water partition coefficient (Wildman–Crippen LogP) is 9.57. The number of ketones is 2. The zero-order chi connectivity index (χ0) is 24.1. The molecule has 0 fully saturated rings. The quantitative estimate of drug-likeness (QED) is 0.209. The Bertz CT molecular complexity index is 930. The van der Waals surface area contributed by atoms with Gasteiger partial charge in [0.2, 0.25) is 0 Å². The molecule has 33 heavy (non-hydrogen) atoms. The molecule has 1 aliphatic rings. The molecule has 0 radical (unpaired) electrons. The first-order valence-electron chi connectivity index (χ1n) is 12.6. The molecule has 0 aliphatic heterocycles. The van der Waals surface area contributed by atoms with E-state index in [1.807, 2.05) is 0 Å². The number of thiophene rings is 1. The molecule has 0 N–H and O–H groups in total. The first-order valence-corrected chi connectivity index (χ1v) is 15.0. The van der Waals surface area contributed by atoms with Crippen LogP contribution in [0.5, 0.6) is 0 Å². The van der Waals surface area contributed by atoms with E-state index in [4.69, 9.17) is 0 Å². The minimum atomic E-state index is -0.0270. The van der Waals surface area contributed by atoms with E-state index in [9.17, 15) is 9.59 Å². The number of fused-ring (bicyclic) bond motifs is 2. The Morgan fingerprint density at radius 1 is 0.727 bits per heavy atom. The number of hydrogen-bond donors (Lipinski definition) is 0. The first kappa shape index (κ1) is 26.8. The molecule has 2 nitrogen and oxygen atoms in total. The molecule has 1 aromatic heterocycles. The third kappa shape index (κ3) is 5.90. The van der Waals surface area contributed by atoms with E-state index in [1.165, 1.54) is 61.0 Å². The molecule has 180 valence electrons. The number of carbonyl (C=O) groups excluding carboxylic acids is 2. The van der Waals surface area contributed by atoms with E-state index in [0.717, 1.165) is 33.3 Å². The van der Waals surface area contributed by atoms with Crippen molar-refractivity contribution in [3.8, 4) is 0 Å². The number of hydrogen-bond acceptors (Lipinski definition) is 3. The lowest BCUT2D eigenvalue weighted by atomic mass is 9.79. The number of halogens is 2. The number of rotatable bonds is 12. The third-order valence-electron chi connectivity index (χ3n) is 7.21. The van der Waals surface area contributed by atoms with E-state index >= 15 is 0 Å². The minimum Gasteiger partial charge on any atom is -0.288 e. The minimum absolute atomic E-state index is 0.0270. The molecule has 3 rings (SSSR count). The molecule has 0 amide bonds. The smallest absolute Gasteiger partial charge is 0.196 e. The maximum absolute atomic E-state index is 13.5. The lowest BCUT2D eigenvalue weighted by Gasteiger charge is -2.24. The Morgan fingerprint density at radius 2 is 1.12 bits per heavy atom. The van der Waals surface area contributed by atoms with Crippen LogP contribution >= 0.6 is 43.2 Å². The number of carbonyl (C=O) groups is 2. The van der Waals surface area contributed by atoms with Gasteiger partial charge in [-0.3, -0.25) is 9.59 Å². The van der Waals surface area contributed by atoms with Crippen molar-refractivity contribution in [3.63, 3.8) is 0 Å². The van der Waals surface area contributed by atoms with Crippen molar-refractivity contribution in [3.05, 3.63) is 53.1 Å². The van der Waals surface area contributed by atoms with Crippen molar-refractivity contribution < 1.29 is 9.59 Å². The molecule has 0 bridgehead atoms. The lowest BCUT2D eigenvalue weighted by molar-refractivity contribution is 0.0979. The molecule has 1 aromatic carbocycles. The lowest BCUT2D eigenvalue weighted by Crippen LogP contribution is -2.22. The van der Waals surface area contributed by atoms with Gasteiger partial charge in [0, 0.05) is 11.1 Å². The van der Waals surface area contributed by atoms with E-state index in [1.54, 1.807) is 0 Å². The Hall–Kier alpha value is -0.780. The topological polar surface area (TPSA) is 34.1 Å². The largest absolute Gasteiger partial charge is 0.288 e. The Balaban J connectivity index is 2.07. The van der Waals surface area contributed by atoms with Gasteiger partial charge in [0.05, 0.1) is 18.7 Å². The highest BCUT2D eigenvalue weighted by atomic mass is 79.9. The van der Waals surface area contributed by atoms with Crippen molar-refractivity contribution >= 4 is 54.8 Å². The summed E-state index contributed by atoms with van der Waals surface area (Å²) in [6.45, 7) is 9.04. The van der Waals surface area contributed by atoms with Gasteiger partial charge in [0.25, 0.3) is 0 Å². The molecule has 0 saturated carbocycles. The number of unbranched alkanes of at least 4 members (excludes halogenated alkanes) is 2. The molecule has 2 aromatic rings. The van der Waals surface area contributed by atoms with Gasteiger partial charge in [0.1, 0.15) is 0 Å². The summed E-state index contributed by atoms with van der Waals surface area (Å²) < 4.78 is 1.47. The van der Waals surface area contributed by atoms with Gasteiger partial charge in [-0.05, 0) is 79.8 Å². The van der Waals surface area contributed by atoms with Crippen LogP contribution in [0.2, 0.25) is 0 Å². The van der Waals surface area contributed by atoms with E-state index in [2.05, 4.69) is 71.7 Å². The van der Waals surface area contributed by atoms with Crippen LogP contribution in [0.3, 0.4) is 0 Å². The van der Waals surface area contributed by atoms with Crippen LogP contribution in [0.15, 0.2) is 19.7 Å². The predicted molar refractivity (Wildman–Crippen MR) is 147 cm³/mol. The molecule has 0 saturated heterocycles. The summed E-state index contributed by atoms with van der Waals surface area (Å²) in [4.78, 5) is 27.0. The van der Waals surface area contributed by atoms with Gasteiger partial charge in [-0.2, -0.15) is 0 Å². The van der Waals surface area contributed by atoms with Gasteiger partial charge < -0.3 is 0 Å². The molecule has 1 aliphatic carbocycles. The van der Waals surface area contributed by atoms with Gasteiger partial charge in [-0.15, -0.1) is 11.3 Å². The zero-order valence-corrected chi connectivity index (χ0v) is 24.3. The van der Waals surface area contributed by atoms with Gasteiger partial charge >= 0.3 is 0 Å². The van der Waals surface area contributed by atoms with Crippen molar-refractivity contribution in [2.45, 2.75) is 91.9 Å². The fraction of sp³-hybridized carbons (Fsp3) is 0.571. The maximum Gasteiger partial charge on any atom is 0.196 e. The first-order chi connectivity index (χ1) is 15.9. The summed E-state index contributed by atoms with van der Waals surface area (Å²) in [5.74, 6) is 1.18. The summed E-state index contributed by atoms with van der Waals surface area (Å²) >= 11 is 8.44. The van der Waals surface area contributed by atoms with Crippen molar-refractivity contribution in [2.75, 3.05) is 0 Å². The summed E-state index contributed by atoms with van der Waals surface area (Å²) in [5, 5.41) is 0. The monoisotopic (exact) mass is 594 g/mol. The fourth-order valence-corrected chi connectivity index (χ4v) is 8.14. The molecule has 1 heterocycles. The second kappa shape index (κ2) is 12.3. The van der Waals surface area contributed by atoms with Crippen LogP contribution < -0.4 is 0 Å². The van der Waals surface area contributed by atoms with Gasteiger partial charge in [0.15, 0.2) is 11.6 Å². The van der Waals surface area contributed by atoms with Gasteiger partial charge in [-0.1, -0.05) is 79.1 Å². The molecule has 5 heteroatoms. The van der Waals surface area contributed by atoms with Gasteiger partial charge in [-0.25, -0.2) is 0 Å². The highest BCUT2D eigenvalue weighted by molar-refractivity contribution is 9.12. The summed E-state index contributed by atoms with van der Waals surface area (Å²) in [6.07, 6.45) is 11.6. The third-order valence-corrected chi connectivity index (χ3v) is 9.74. The molecule has 0 spiro atoms. The number of benzene rings is 1. The van der Waals surface area contributed by atoms with Crippen LogP contribution in [-0.4, -0.2) is 11.6 Å². The van der Waals surface area contributed by atoms with E-state index in [-0.39, 0.29) is 11.6 Å². The van der Waals surface area contributed by atoms with E-state index in [0.29, 0.717) is 34.1 Å². The standard InChI is InChI=1S/C28H36Br2O2S/c1-5-9-11-17(7-3)13-19-15-21-22(16-20(19)14-18(8-4)12-10-6-2)26(32)24-23(25(21)31)27(29)33-28(24)30/h15-18H,5-14H2,1-4H3. The highest BCUT2D eigenvalue weighted by Crippen LogP contribution is 2.43. The van der Waals surface area contributed by atoms with E-state index < -0.39 is 0 Å². The highest BCUT2D eigenvalue weighted by Gasteiger charge is 2.36. The average Bonchev–Trinajstić information content (AvgIpc) is 3.11. The summed E-state index contributed by atoms with van der Waals surface area (Å²) in [5.41, 5.74) is 4.78. The van der Waals surface area contributed by atoms with Crippen molar-refractivity contribution in [2.24, 2.45) is 11.8 Å².